The first-order chi connectivity index (χ1) is 11.0. The second kappa shape index (κ2) is 8.29. The van der Waals surface area contributed by atoms with E-state index in [-0.39, 0.29) is 12.6 Å². The molecule has 0 saturated carbocycles. The van der Waals surface area contributed by atoms with Crippen LogP contribution < -0.4 is 4.74 Å². The molecule has 0 aliphatic carbocycles. The van der Waals surface area contributed by atoms with E-state index in [1.165, 1.54) is 11.1 Å². The highest BCUT2D eigenvalue weighted by atomic mass is 16.5. The number of aryl methyl sites for hydroxylation is 1. The van der Waals surface area contributed by atoms with Crippen molar-refractivity contribution in [2.75, 3.05) is 46.9 Å². The average Bonchev–Trinajstić information content (AvgIpc) is 2.47. The first-order valence-electron chi connectivity index (χ1n) is 7.85. The number of likely N-dealkylation sites (N-methyl/N-ethyl adjacent to an activating group) is 1. The lowest BCUT2D eigenvalue weighted by molar-refractivity contribution is -0.138. The van der Waals surface area contributed by atoms with E-state index in [1.807, 2.05) is 12.1 Å². The number of carboxylic acids is 1. The predicted molar refractivity (Wildman–Crippen MR) is 87.9 cm³/mol. The van der Waals surface area contributed by atoms with Gasteiger partial charge in [-0.05, 0) is 20.0 Å². The van der Waals surface area contributed by atoms with Gasteiger partial charge in [-0.2, -0.15) is 0 Å². The van der Waals surface area contributed by atoms with Crippen molar-refractivity contribution in [2.24, 2.45) is 0 Å². The van der Waals surface area contributed by atoms with Crippen LogP contribution in [0.5, 0.6) is 5.75 Å². The molecule has 128 valence electrons. The van der Waals surface area contributed by atoms with Gasteiger partial charge in [-0.15, -0.1) is 0 Å². The molecule has 0 radical (unpaired) electrons. The molecule has 1 N–H and O–H groups in total. The van der Waals surface area contributed by atoms with E-state index in [1.54, 1.807) is 19.1 Å². The van der Waals surface area contributed by atoms with Crippen LogP contribution in [0.1, 0.15) is 11.1 Å². The van der Waals surface area contributed by atoms with Gasteiger partial charge in [0, 0.05) is 31.7 Å². The van der Waals surface area contributed by atoms with Gasteiger partial charge in [0.25, 0.3) is 0 Å². The molecule has 6 nitrogen and oxygen atoms in total. The summed E-state index contributed by atoms with van der Waals surface area (Å²) in [4.78, 5) is 14.9. The smallest absolute Gasteiger partial charge is 0.317 e. The molecule has 6 heteroatoms. The summed E-state index contributed by atoms with van der Waals surface area (Å²) in [6.07, 6.45) is 0.0314. The number of hydrogen-bond acceptors (Lipinski definition) is 5. The Labute approximate surface area is 137 Å². The van der Waals surface area contributed by atoms with Crippen LogP contribution in [0.25, 0.3) is 0 Å². The maximum atomic E-state index is 10.8. The van der Waals surface area contributed by atoms with Gasteiger partial charge in [0.15, 0.2) is 0 Å². The summed E-state index contributed by atoms with van der Waals surface area (Å²) < 4.78 is 11.2. The number of carboxylic acid groups (broad SMARTS) is 1. The van der Waals surface area contributed by atoms with Crippen molar-refractivity contribution >= 4 is 5.97 Å². The molecular formula is C17H26N2O4. The molecule has 0 amide bonds. The highest BCUT2D eigenvalue weighted by molar-refractivity contribution is 5.69. The lowest BCUT2D eigenvalue weighted by Gasteiger charge is -2.34. The van der Waals surface area contributed by atoms with E-state index >= 15 is 0 Å². The molecule has 1 fully saturated rings. The number of ether oxygens (including phenoxy) is 2. The third-order valence-corrected chi connectivity index (χ3v) is 3.97. The normalized spacial score (nSPS) is 19.0. The van der Waals surface area contributed by atoms with Crippen molar-refractivity contribution in [3.05, 3.63) is 29.3 Å². The van der Waals surface area contributed by atoms with Crippen LogP contribution in [0.4, 0.5) is 0 Å². The monoisotopic (exact) mass is 322 g/mol. The summed E-state index contributed by atoms with van der Waals surface area (Å²) in [5.74, 6) is 0.0892. The molecule has 1 atom stereocenters. The van der Waals surface area contributed by atoms with Crippen molar-refractivity contribution in [1.82, 2.24) is 9.80 Å². The van der Waals surface area contributed by atoms with E-state index in [4.69, 9.17) is 14.6 Å². The summed E-state index contributed by atoms with van der Waals surface area (Å²) in [5.41, 5.74) is 2.39. The summed E-state index contributed by atoms with van der Waals surface area (Å²) >= 11 is 0. The van der Waals surface area contributed by atoms with E-state index in [0.717, 1.165) is 25.4 Å². The Morgan fingerprint density at radius 2 is 2.30 bits per heavy atom. The minimum atomic E-state index is -0.815. The number of morpholine rings is 1. The van der Waals surface area contributed by atoms with E-state index < -0.39 is 5.97 Å². The zero-order valence-corrected chi connectivity index (χ0v) is 14.1. The predicted octanol–water partition coefficient (Wildman–Crippen LogP) is 1.22. The van der Waals surface area contributed by atoms with Gasteiger partial charge >= 0.3 is 5.97 Å². The molecule has 1 aliphatic heterocycles. The number of hydrogen-bond donors (Lipinski definition) is 1. The Balaban J connectivity index is 1.93. The summed E-state index contributed by atoms with van der Waals surface area (Å²) in [6.45, 7) is 5.87. The minimum Gasteiger partial charge on any atom is -0.496 e. The van der Waals surface area contributed by atoms with Crippen LogP contribution in [0.3, 0.4) is 0 Å². The van der Waals surface area contributed by atoms with Crippen molar-refractivity contribution in [2.45, 2.75) is 19.6 Å². The third kappa shape index (κ3) is 5.49. The highest BCUT2D eigenvalue weighted by Gasteiger charge is 2.23. The van der Waals surface area contributed by atoms with Gasteiger partial charge < -0.3 is 14.6 Å². The molecule has 1 unspecified atom stereocenters. The average molecular weight is 322 g/mol. The SMILES string of the molecule is COc1ccc(C)cc1CN1CCOC(CN(C)CC(=O)O)C1. The van der Waals surface area contributed by atoms with Crippen molar-refractivity contribution in [1.29, 1.82) is 0 Å². The zero-order chi connectivity index (χ0) is 16.8. The van der Waals surface area contributed by atoms with E-state index in [0.29, 0.717) is 13.2 Å². The molecule has 2 rings (SSSR count). The quantitative estimate of drug-likeness (QED) is 0.814. The Morgan fingerprint density at radius 3 is 3.00 bits per heavy atom. The molecule has 1 heterocycles. The maximum absolute atomic E-state index is 10.8. The fourth-order valence-electron chi connectivity index (χ4n) is 2.95. The second-order valence-electron chi connectivity index (χ2n) is 6.13. The first kappa shape index (κ1) is 17.7. The Hall–Kier alpha value is -1.63. The maximum Gasteiger partial charge on any atom is 0.317 e. The Bertz CT molecular complexity index is 535. The van der Waals surface area contributed by atoms with Gasteiger partial charge in [0.2, 0.25) is 0 Å². The fraction of sp³-hybridized carbons (Fsp3) is 0.588. The van der Waals surface area contributed by atoms with Gasteiger partial charge in [0.05, 0.1) is 26.4 Å². The number of carbonyl (C=O) groups is 1. The first-order valence-corrected chi connectivity index (χ1v) is 7.85. The molecule has 1 saturated heterocycles. The number of methoxy groups -OCH3 is 1. The largest absolute Gasteiger partial charge is 0.496 e. The van der Waals surface area contributed by atoms with Gasteiger partial charge in [-0.3, -0.25) is 14.6 Å². The zero-order valence-electron chi connectivity index (χ0n) is 14.1. The highest BCUT2D eigenvalue weighted by Crippen LogP contribution is 2.22. The van der Waals surface area contributed by atoms with Crippen LogP contribution in [-0.2, 0) is 16.1 Å². The van der Waals surface area contributed by atoms with Crippen LogP contribution >= 0.6 is 0 Å². The fourth-order valence-corrected chi connectivity index (χ4v) is 2.95. The number of aliphatic carboxylic acids is 1. The molecule has 1 aromatic rings. The number of benzene rings is 1. The number of rotatable bonds is 7. The minimum absolute atomic E-state index is 0.0314. The molecule has 1 aliphatic rings. The molecule has 0 aromatic heterocycles. The van der Waals surface area contributed by atoms with Gasteiger partial charge in [-0.1, -0.05) is 17.7 Å². The standard InChI is InChI=1S/C17H26N2O4/c1-13-4-5-16(22-3)14(8-13)9-19-6-7-23-15(11-19)10-18(2)12-17(20)21/h4-5,8,15H,6-7,9-12H2,1-3H3,(H,20,21). The molecule has 0 spiro atoms. The van der Waals surface area contributed by atoms with Crippen LogP contribution in [-0.4, -0.2) is 73.9 Å². The topological polar surface area (TPSA) is 62.2 Å². The van der Waals surface area contributed by atoms with Crippen molar-refractivity contribution < 1.29 is 19.4 Å². The lowest BCUT2D eigenvalue weighted by atomic mass is 10.1. The summed E-state index contributed by atoms with van der Waals surface area (Å²) in [7, 11) is 3.50. The van der Waals surface area contributed by atoms with Crippen molar-refractivity contribution in [3.8, 4) is 5.75 Å². The second-order valence-corrected chi connectivity index (χ2v) is 6.13. The molecule has 0 bridgehead atoms. The lowest BCUT2D eigenvalue weighted by Crippen LogP contribution is -2.47. The van der Waals surface area contributed by atoms with Gasteiger partial charge in [0.1, 0.15) is 5.75 Å². The van der Waals surface area contributed by atoms with Gasteiger partial charge in [-0.25, -0.2) is 0 Å². The van der Waals surface area contributed by atoms with Crippen LogP contribution in [0.15, 0.2) is 18.2 Å². The molecular weight excluding hydrogens is 296 g/mol. The van der Waals surface area contributed by atoms with Crippen molar-refractivity contribution in [3.63, 3.8) is 0 Å². The third-order valence-electron chi connectivity index (χ3n) is 3.97. The Morgan fingerprint density at radius 1 is 1.52 bits per heavy atom. The van der Waals surface area contributed by atoms with Crippen LogP contribution in [0, 0.1) is 6.92 Å². The molecule has 23 heavy (non-hydrogen) atoms. The summed E-state index contributed by atoms with van der Waals surface area (Å²) in [6, 6.07) is 6.20. The molecule has 1 aromatic carbocycles. The van der Waals surface area contributed by atoms with Crippen LogP contribution in [0.2, 0.25) is 0 Å². The summed E-state index contributed by atoms with van der Waals surface area (Å²) in [5, 5.41) is 8.84. The Kier molecular flexibility index (Phi) is 6.38. The van der Waals surface area contributed by atoms with E-state index in [9.17, 15) is 4.79 Å². The number of nitrogens with zero attached hydrogens (tertiary/aromatic N) is 2. The van der Waals surface area contributed by atoms with E-state index in [2.05, 4.69) is 17.9 Å².